The van der Waals surface area contributed by atoms with Gasteiger partial charge in [-0.25, -0.2) is 4.79 Å². The molecule has 5 saturated carbocycles. The second-order valence-corrected chi connectivity index (χ2v) is 17.1. The van der Waals surface area contributed by atoms with Gasteiger partial charge >= 0.3 is 6.09 Å². The van der Waals surface area contributed by atoms with Crippen molar-refractivity contribution >= 4 is 11.9 Å². The molecule has 2 aromatic rings. The van der Waals surface area contributed by atoms with Gasteiger partial charge in [0.25, 0.3) is 0 Å². The van der Waals surface area contributed by atoms with Gasteiger partial charge in [-0.05, 0) is 161 Å². The first-order valence-corrected chi connectivity index (χ1v) is 18.7. The number of aliphatic hydroxyl groups is 1. The van der Waals surface area contributed by atoms with E-state index < -0.39 is 11.7 Å². The Bertz CT molecular complexity index is 1570. The van der Waals surface area contributed by atoms with E-state index in [1.807, 2.05) is 30.3 Å². The van der Waals surface area contributed by atoms with Gasteiger partial charge in [-0.15, -0.1) is 0 Å². The van der Waals surface area contributed by atoms with Crippen molar-refractivity contribution in [2.45, 2.75) is 115 Å². The van der Waals surface area contributed by atoms with E-state index in [1.54, 1.807) is 7.11 Å². The first-order valence-electron chi connectivity index (χ1n) is 18.7. The highest BCUT2D eigenvalue weighted by Crippen LogP contribution is 2.64. The van der Waals surface area contributed by atoms with Gasteiger partial charge in [0, 0.05) is 23.1 Å². The van der Waals surface area contributed by atoms with Crippen molar-refractivity contribution in [2.75, 3.05) is 20.2 Å². The van der Waals surface area contributed by atoms with Gasteiger partial charge in [-0.3, -0.25) is 4.79 Å². The third-order valence-electron chi connectivity index (χ3n) is 13.9. The van der Waals surface area contributed by atoms with Crippen molar-refractivity contribution in [1.82, 2.24) is 4.90 Å². The summed E-state index contributed by atoms with van der Waals surface area (Å²) >= 11 is 0. The zero-order valence-electron chi connectivity index (χ0n) is 29.1. The monoisotopic (exact) mass is 651 g/mol. The molecule has 1 aliphatic heterocycles. The molecule has 0 radical (unpaired) electrons. The summed E-state index contributed by atoms with van der Waals surface area (Å²) in [5, 5.41) is 11.0. The largest absolute Gasteiger partial charge is 0.497 e. The van der Waals surface area contributed by atoms with Crippen LogP contribution in [0.5, 0.6) is 5.75 Å². The van der Waals surface area contributed by atoms with Crippen LogP contribution in [0.15, 0.2) is 54.1 Å². The molecule has 0 aromatic heterocycles. The fraction of sp³-hybridized carbons (Fsp3) is 0.619. The van der Waals surface area contributed by atoms with Crippen LogP contribution >= 0.6 is 0 Å². The van der Waals surface area contributed by atoms with E-state index in [4.69, 9.17) is 9.47 Å². The molecule has 0 unspecified atom stereocenters. The van der Waals surface area contributed by atoms with Crippen LogP contribution in [0.2, 0.25) is 0 Å². The average molecular weight is 652 g/mol. The summed E-state index contributed by atoms with van der Waals surface area (Å²) in [4.78, 5) is 30.4. The number of carbonyl (C=O) groups is 2. The van der Waals surface area contributed by atoms with Crippen LogP contribution in [0.4, 0.5) is 4.79 Å². The van der Waals surface area contributed by atoms with Crippen molar-refractivity contribution in [3.63, 3.8) is 0 Å². The van der Waals surface area contributed by atoms with Crippen LogP contribution < -0.4 is 4.74 Å². The number of ether oxygens (including phenoxy) is 2. The number of amides is 1. The lowest BCUT2D eigenvalue weighted by Crippen LogP contribution is -2.52. The Hall–Kier alpha value is -3.12. The molecule has 2 aromatic carbocycles. The molecule has 1 heterocycles. The second-order valence-electron chi connectivity index (χ2n) is 17.1. The molecule has 6 bridgehead atoms. The van der Waals surface area contributed by atoms with Crippen molar-refractivity contribution < 1.29 is 24.2 Å². The molecule has 6 nitrogen and oxygen atoms in total. The predicted molar refractivity (Wildman–Crippen MR) is 186 cm³/mol. The Kier molecular flexibility index (Phi) is 8.05. The minimum atomic E-state index is -0.592. The third-order valence-corrected chi connectivity index (χ3v) is 13.9. The van der Waals surface area contributed by atoms with Crippen LogP contribution in [-0.2, 0) is 11.2 Å². The van der Waals surface area contributed by atoms with Crippen molar-refractivity contribution in [1.29, 1.82) is 0 Å². The van der Waals surface area contributed by atoms with E-state index >= 15 is 0 Å². The van der Waals surface area contributed by atoms with Crippen molar-refractivity contribution in [3.8, 4) is 5.75 Å². The quantitative estimate of drug-likeness (QED) is 0.259. The molecule has 1 N–H and O–H groups in total. The van der Waals surface area contributed by atoms with Crippen LogP contribution in [0.25, 0.3) is 0 Å². The lowest BCUT2D eigenvalue weighted by Gasteiger charge is -2.57. The number of carbonyl (C=O) groups excluding carboxylic acids is 2. The molecule has 256 valence electrons. The summed E-state index contributed by atoms with van der Waals surface area (Å²) < 4.78 is 12.1. The summed E-state index contributed by atoms with van der Waals surface area (Å²) in [5.74, 6) is 3.29. The van der Waals surface area contributed by atoms with Crippen LogP contribution in [0.1, 0.15) is 124 Å². The smallest absolute Gasteiger partial charge is 0.410 e. The number of aliphatic hydroxyl groups excluding tert-OH is 1. The lowest BCUT2D eigenvalue weighted by atomic mass is 9.49. The maximum absolute atomic E-state index is 14.4. The molecule has 6 heteroatoms. The van der Waals surface area contributed by atoms with Gasteiger partial charge in [0.15, 0.2) is 5.78 Å². The molecule has 48 heavy (non-hydrogen) atoms. The number of fused-ring (bicyclic) bond motifs is 8. The first kappa shape index (κ1) is 32.1. The number of nitrogens with zero attached hydrogens (tertiary/aromatic N) is 1. The van der Waals surface area contributed by atoms with Gasteiger partial charge in [-0.1, -0.05) is 30.7 Å². The van der Waals surface area contributed by atoms with Gasteiger partial charge in [-0.2, -0.15) is 0 Å². The summed E-state index contributed by atoms with van der Waals surface area (Å²) in [5.41, 5.74) is 3.97. The summed E-state index contributed by atoms with van der Waals surface area (Å²) in [6.07, 6.45) is 15.2. The highest BCUT2D eigenvalue weighted by atomic mass is 16.6. The Morgan fingerprint density at radius 3 is 2.40 bits per heavy atom. The number of methoxy groups -OCH3 is 1. The Balaban J connectivity index is 1.16. The van der Waals surface area contributed by atoms with Crippen LogP contribution in [-0.4, -0.2) is 53.8 Å². The molecule has 8 aliphatic rings. The van der Waals surface area contributed by atoms with Crippen molar-refractivity contribution in [3.05, 3.63) is 76.4 Å². The van der Waals surface area contributed by atoms with Crippen molar-refractivity contribution in [2.24, 2.45) is 28.6 Å². The summed E-state index contributed by atoms with van der Waals surface area (Å²) in [6, 6.07) is 13.7. The highest BCUT2D eigenvalue weighted by Gasteiger charge is 2.65. The number of rotatable bonds is 5. The van der Waals surface area contributed by atoms with Crippen LogP contribution in [0.3, 0.4) is 0 Å². The number of ketones is 1. The normalized spacial score (nSPS) is 37.3. The number of benzene rings is 2. The molecule has 7 aliphatic carbocycles. The molecule has 10 rings (SSSR count). The summed E-state index contributed by atoms with van der Waals surface area (Å²) in [6.45, 7) is 6.01. The SMILES string of the molecule is COc1ccc(C(=O)c2cc3ccc2[C@@H]2CC[C@@]4(CN(CC56CC7CC(CC(C7)C5)C6)C(=O)O4)[C@@]2(C)CCC=C(C)CC[C@H](O)C3)cc1. The highest BCUT2D eigenvalue weighted by molar-refractivity contribution is 6.10. The van der Waals surface area contributed by atoms with Gasteiger partial charge in [0.05, 0.1) is 19.8 Å². The standard InChI is InChI=1S/C42H53NO5/c1-27-5-4-15-40(2)37(14-16-42(40)26-43(39(46)48-42)25-41-22-29-17-30(23-41)19-31(18-29)24-41)35-13-7-28(20-33(44)10-6-27)21-36(35)38(45)32-8-11-34(47-3)12-9-32/h5,7-9,11-13,21,29-31,33,37,44H,4,6,10,14-20,22-26H2,1-3H3/t29?,30?,31?,33-,37-,40-,41?,42+/m0/s1. The molecule has 1 spiro atoms. The lowest BCUT2D eigenvalue weighted by molar-refractivity contribution is -0.0641. The number of allylic oxidation sites excluding steroid dienone is 2. The zero-order chi connectivity index (χ0) is 33.3. The van der Waals surface area contributed by atoms with E-state index in [2.05, 4.69) is 37.0 Å². The van der Waals surface area contributed by atoms with E-state index in [1.165, 1.54) is 44.1 Å². The minimum Gasteiger partial charge on any atom is -0.497 e. The average Bonchev–Trinajstić information content (AvgIpc) is 3.52. The van der Waals surface area contributed by atoms with Gasteiger partial charge < -0.3 is 19.5 Å². The second kappa shape index (κ2) is 12.0. The van der Waals surface area contributed by atoms with Crippen LogP contribution in [0, 0.1) is 28.6 Å². The first-order chi connectivity index (χ1) is 23.1. The zero-order valence-corrected chi connectivity index (χ0v) is 29.1. The molecule has 1 saturated heterocycles. The Morgan fingerprint density at radius 1 is 1.00 bits per heavy atom. The fourth-order valence-electron chi connectivity index (χ4n) is 11.9. The Morgan fingerprint density at radius 2 is 1.71 bits per heavy atom. The number of hydrogen-bond donors (Lipinski definition) is 1. The van der Waals surface area contributed by atoms with Gasteiger partial charge in [0.2, 0.25) is 0 Å². The molecule has 6 fully saturated rings. The molecular formula is C42H53NO5. The summed E-state index contributed by atoms with van der Waals surface area (Å²) in [7, 11) is 1.63. The molecular weight excluding hydrogens is 598 g/mol. The van der Waals surface area contributed by atoms with E-state index in [0.717, 1.165) is 67.5 Å². The number of hydrogen-bond acceptors (Lipinski definition) is 5. The fourth-order valence-corrected chi connectivity index (χ4v) is 11.9. The predicted octanol–water partition coefficient (Wildman–Crippen LogP) is 8.64. The van der Waals surface area contributed by atoms with E-state index in [0.29, 0.717) is 36.3 Å². The van der Waals surface area contributed by atoms with E-state index in [9.17, 15) is 14.7 Å². The van der Waals surface area contributed by atoms with Gasteiger partial charge in [0.1, 0.15) is 11.4 Å². The minimum absolute atomic E-state index is 0.0120. The maximum Gasteiger partial charge on any atom is 0.410 e. The molecule has 4 atom stereocenters. The van der Waals surface area contributed by atoms with E-state index in [-0.39, 0.29) is 28.6 Å². The third kappa shape index (κ3) is 5.51. The topological polar surface area (TPSA) is 76.1 Å². The maximum atomic E-state index is 14.4. The Labute approximate surface area is 286 Å². The molecule has 1 amide bonds.